The molecule has 7 heteroatoms. The van der Waals surface area contributed by atoms with Gasteiger partial charge in [-0.15, -0.1) is 0 Å². The third kappa shape index (κ3) is 4.50. The number of likely N-dealkylation sites (tertiary alicyclic amines) is 1. The quantitative estimate of drug-likeness (QED) is 0.319. The summed E-state index contributed by atoms with van der Waals surface area (Å²) in [6.45, 7) is 4.01. The Bertz CT molecular complexity index is 1220. The number of ketones is 1. The van der Waals surface area contributed by atoms with E-state index in [2.05, 4.69) is 4.98 Å². The maximum Gasteiger partial charge on any atom is 0.295 e. The van der Waals surface area contributed by atoms with Crippen LogP contribution in [0.3, 0.4) is 0 Å². The number of ether oxygens (including phenoxy) is 2. The second kappa shape index (κ2) is 9.79. The monoisotopic (exact) mass is 458 g/mol. The molecule has 3 aromatic rings. The fourth-order valence-electron chi connectivity index (χ4n) is 4.07. The van der Waals surface area contributed by atoms with Crippen molar-refractivity contribution in [2.75, 3.05) is 7.11 Å². The summed E-state index contributed by atoms with van der Waals surface area (Å²) in [7, 11) is 1.56. The lowest BCUT2D eigenvalue weighted by Crippen LogP contribution is -2.29. The zero-order valence-corrected chi connectivity index (χ0v) is 19.3. The topological polar surface area (TPSA) is 89.0 Å². The van der Waals surface area contributed by atoms with Gasteiger partial charge in [0.1, 0.15) is 17.3 Å². The molecule has 0 radical (unpaired) electrons. The van der Waals surface area contributed by atoms with Gasteiger partial charge in [0.25, 0.3) is 11.7 Å². The smallest absolute Gasteiger partial charge is 0.295 e. The Morgan fingerprint density at radius 3 is 2.35 bits per heavy atom. The van der Waals surface area contributed by atoms with Crippen LogP contribution in [0.4, 0.5) is 0 Å². The minimum absolute atomic E-state index is 0.00808. The van der Waals surface area contributed by atoms with Crippen LogP contribution in [0.2, 0.25) is 0 Å². The number of carbonyl (C=O) groups excluding carboxylic acids is 2. The first kappa shape index (κ1) is 23.0. The Balaban J connectivity index is 1.83. The second-order valence-corrected chi connectivity index (χ2v) is 8.21. The number of methoxy groups -OCH3 is 1. The maximum absolute atomic E-state index is 13.2. The molecule has 2 heterocycles. The van der Waals surface area contributed by atoms with Gasteiger partial charge in [0.05, 0.1) is 31.4 Å². The van der Waals surface area contributed by atoms with Crippen molar-refractivity contribution in [3.8, 4) is 11.5 Å². The Labute approximate surface area is 198 Å². The number of benzene rings is 2. The molecule has 7 nitrogen and oxygen atoms in total. The molecule has 0 bridgehead atoms. The Morgan fingerprint density at radius 2 is 1.71 bits per heavy atom. The molecule has 2 aromatic carbocycles. The van der Waals surface area contributed by atoms with Gasteiger partial charge in [0.15, 0.2) is 0 Å². The first-order valence-corrected chi connectivity index (χ1v) is 11.0. The van der Waals surface area contributed by atoms with Crippen molar-refractivity contribution in [3.05, 3.63) is 95.3 Å². The van der Waals surface area contributed by atoms with Gasteiger partial charge in [-0.25, -0.2) is 0 Å². The standard InChI is InChI=1S/C27H26N2O5/c1-17(2)34-21-10-8-18(9-11-21)24-23(25(30)19-12-14-28-15-13-19)26(31)27(32)29(24)16-20-6-4-5-7-22(20)33-3/h4-15,17,24,30H,16H2,1-3H3/b25-23+. The molecule has 1 aromatic heterocycles. The highest BCUT2D eigenvalue weighted by atomic mass is 16.5. The van der Waals surface area contributed by atoms with Gasteiger partial charge in [0, 0.05) is 23.5 Å². The van der Waals surface area contributed by atoms with Crippen LogP contribution in [0.1, 0.15) is 36.6 Å². The number of Topliss-reactive ketones (excluding diaryl/α,β-unsaturated/α-hetero) is 1. The lowest BCUT2D eigenvalue weighted by molar-refractivity contribution is -0.140. The minimum atomic E-state index is -0.786. The number of pyridine rings is 1. The zero-order valence-electron chi connectivity index (χ0n) is 19.3. The molecule has 1 aliphatic rings. The summed E-state index contributed by atoms with van der Waals surface area (Å²) < 4.78 is 11.2. The van der Waals surface area contributed by atoms with E-state index in [1.54, 1.807) is 37.4 Å². The van der Waals surface area contributed by atoms with E-state index in [0.29, 0.717) is 22.6 Å². The minimum Gasteiger partial charge on any atom is -0.507 e. The molecular formula is C27H26N2O5. The van der Waals surface area contributed by atoms with Crippen molar-refractivity contribution in [2.24, 2.45) is 0 Å². The molecule has 1 fully saturated rings. The Kier molecular flexibility index (Phi) is 6.63. The van der Waals surface area contributed by atoms with Gasteiger partial charge >= 0.3 is 0 Å². The van der Waals surface area contributed by atoms with Crippen LogP contribution in [0.15, 0.2) is 78.6 Å². The Hall–Kier alpha value is -4.13. The van der Waals surface area contributed by atoms with E-state index >= 15 is 0 Å². The molecule has 4 rings (SSSR count). The molecule has 1 saturated heterocycles. The van der Waals surface area contributed by atoms with Crippen LogP contribution in [0.5, 0.6) is 11.5 Å². The van der Waals surface area contributed by atoms with Gasteiger partial charge in [-0.05, 0) is 49.7 Å². The number of hydrogen-bond acceptors (Lipinski definition) is 6. The van der Waals surface area contributed by atoms with Crippen molar-refractivity contribution in [1.82, 2.24) is 9.88 Å². The van der Waals surface area contributed by atoms with E-state index in [-0.39, 0.29) is 24.0 Å². The van der Waals surface area contributed by atoms with Crippen molar-refractivity contribution in [1.29, 1.82) is 0 Å². The summed E-state index contributed by atoms with van der Waals surface area (Å²) in [6, 6.07) is 16.9. The van der Waals surface area contributed by atoms with Gasteiger partial charge < -0.3 is 19.5 Å². The van der Waals surface area contributed by atoms with E-state index in [1.165, 1.54) is 17.3 Å². The molecule has 0 saturated carbocycles. The van der Waals surface area contributed by atoms with Gasteiger partial charge in [-0.1, -0.05) is 30.3 Å². The molecular weight excluding hydrogens is 432 g/mol. The van der Waals surface area contributed by atoms with Crippen molar-refractivity contribution in [3.63, 3.8) is 0 Å². The van der Waals surface area contributed by atoms with E-state index in [9.17, 15) is 14.7 Å². The number of carbonyl (C=O) groups is 2. The maximum atomic E-state index is 13.2. The number of hydrogen-bond donors (Lipinski definition) is 1. The van der Waals surface area contributed by atoms with E-state index < -0.39 is 17.7 Å². The number of amides is 1. The number of aliphatic hydroxyl groups is 1. The van der Waals surface area contributed by atoms with E-state index in [4.69, 9.17) is 9.47 Å². The lowest BCUT2D eigenvalue weighted by Gasteiger charge is -2.26. The SMILES string of the molecule is COc1ccccc1CN1C(=O)C(=O)/C(=C(/O)c2ccncc2)C1c1ccc(OC(C)C)cc1. The van der Waals surface area contributed by atoms with Crippen LogP contribution in [-0.4, -0.2) is 39.9 Å². The van der Waals surface area contributed by atoms with Crippen molar-refractivity contribution < 1.29 is 24.2 Å². The fraction of sp³-hybridized carbons (Fsp3) is 0.222. The molecule has 1 aliphatic heterocycles. The number of aliphatic hydroxyl groups excluding tert-OH is 1. The third-order valence-corrected chi connectivity index (χ3v) is 5.59. The number of nitrogens with zero attached hydrogens (tertiary/aromatic N) is 2. The fourth-order valence-corrected chi connectivity index (χ4v) is 4.07. The lowest BCUT2D eigenvalue weighted by atomic mass is 9.95. The van der Waals surface area contributed by atoms with Gasteiger partial charge in [0.2, 0.25) is 0 Å². The molecule has 34 heavy (non-hydrogen) atoms. The Morgan fingerprint density at radius 1 is 1.03 bits per heavy atom. The largest absolute Gasteiger partial charge is 0.507 e. The van der Waals surface area contributed by atoms with Crippen LogP contribution in [0, 0.1) is 0 Å². The first-order chi connectivity index (χ1) is 16.4. The first-order valence-electron chi connectivity index (χ1n) is 11.0. The second-order valence-electron chi connectivity index (χ2n) is 8.21. The third-order valence-electron chi connectivity index (χ3n) is 5.59. The molecule has 0 spiro atoms. The predicted molar refractivity (Wildman–Crippen MR) is 127 cm³/mol. The molecule has 1 atom stereocenters. The van der Waals surface area contributed by atoms with Crippen molar-refractivity contribution >= 4 is 17.4 Å². The highest BCUT2D eigenvalue weighted by Crippen LogP contribution is 2.41. The molecule has 174 valence electrons. The number of para-hydroxylation sites is 1. The van der Waals surface area contributed by atoms with Gasteiger partial charge in [-0.2, -0.15) is 0 Å². The van der Waals surface area contributed by atoms with Gasteiger partial charge in [-0.3, -0.25) is 14.6 Å². The molecule has 1 unspecified atom stereocenters. The predicted octanol–water partition coefficient (Wildman–Crippen LogP) is 4.50. The number of aromatic nitrogens is 1. The van der Waals surface area contributed by atoms with Crippen LogP contribution in [-0.2, 0) is 16.1 Å². The summed E-state index contributed by atoms with van der Waals surface area (Å²) in [5, 5.41) is 11.1. The van der Waals surface area contributed by atoms with Crippen LogP contribution in [0.25, 0.3) is 5.76 Å². The average molecular weight is 459 g/mol. The summed E-state index contributed by atoms with van der Waals surface area (Å²) >= 11 is 0. The summed E-state index contributed by atoms with van der Waals surface area (Å²) in [6.07, 6.45) is 3.05. The molecule has 1 N–H and O–H groups in total. The molecule has 1 amide bonds. The van der Waals surface area contributed by atoms with E-state index in [1.807, 2.05) is 44.2 Å². The molecule has 0 aliphatic carbocycles. The summed E-state index contributed by atoms with van der Waals surface area (Å²) in [5.41, 5.74) is 1.88. The number of rotatable bonds is 7. The average Bonchev–Trinajstić information content (AvgIpc) is 3.09. The highest BCUT2D eigenvalue weighted by molar-refractivity contribution is 6.46. The van der Waals surface area contributed by atoms with Crippen LogP contribution >= 0.6 is 0 Å². The summed E-state index contributed by atoms with van der Waals surface area (Å²) in [5.74, 6) is -0.381. The van der Waals surface area contributed by atoms with E-state index in [0.717, 1.165) is 5.56 Å². The van der Waals surface area contributed by atoms with Crippen molar-refractivity contribution in [2.45, 2.75) is 32.5 Å². The summed E-state index contributed by atoms with van der Waals surface area (Å²) in [4.78, 5) is 31.8. The normalized spacial score (nSPS) is 17.3. The van der Waals surface area contributed by atoms with Crippen LogP contribution < -0.4 is 9.47 Å². The highest BCUT2D eigenvalue weighted by Gasteiger charge is 2.46. The zero-order chi connectivity index (χ0) is 24.2.